The second-order valence-corrected chi connectivity index (χ2v) is 3.19. The Morgan fingerprint density at radius 1 is 1.62 bits per heavy atom. The number of anilines is 2. The predicted octanol–water partition coefficient (Wildman–Crippen LogP) is 1.11. The molecule has 0 bridgehead atoms. The number of hydrogen-bond acceptors (Lipinski definition) is 4. The first-order valence-corrected chi connectivity index (χ1v) is 4.22. The van der Waals surface area contributed by atoms with Gasteiger partial charge in [0.05, 0.1) is 11.3 Å². The third-order valence-electron chi connectivity index (χ3n) is 1.98. The lowest BCUT2D eigenvalue weighted by Gasteiger charge is -2.06. The fourth-order valence-corrected chi connectivity index (χ4v) is 1.13. The smallest absolute Gasteiger partial charge is 0.125 e. The van der Waals surface area contributed by atoms with Gasteiger partial charge in [-0.1, -0.05) is 0 Å². The van der Waals surface area contributed by atoms with Crippen molar-refractivity contribution >= 4 is 11.5 Å². The Hall–Kier alpha value is -1.76. The van der Waals surface area contributed by atoms with Crippen molar-refractivity contribution in [1.82, 2.24) is 4.98 Å². The van der Waals surface area contributed by atoms with E-state index >= 15 is 0 Å². The molecule has 0 radical (unpaired) electrons. The SMILES string of the molecule is N#Cc1cnc(N)cc1NC1CC1. The third kappa shape index (κ3) is 1.70. The molecular weight excluding hydrogens is 164 g/mol. The minimum Gasteiger partial charge on any atom is -0.384 e. The van der Waals surface area contributed by atoms with E-state index in [-0.39, 0.29) is 0 Å². The van der Waals surface area contributed by atoms with E-state index in [2.05, 4.69) is 16.4 Å². The first kappa shape index (κ1) is 7.87. The van der Waals surface area contributed by atoms with Crippen LogP contribution in [-0.4, -0.2) is 11.0 Å². The average molecular weight is 174 g/mol. The molecule has 1 aromatic rings. The second-order valence-electron chi connectivity index (χ2n) is 3.19. The Bertz CT molecular complexity index is 362. The monoisotopic (exact) mass is 174 g/mol. The van der Waals surface area contributed by atoms with Crippen LogP contribution in [0.4, 0.5) is 11.5 Å². The quantitative estimate of drug-likeness (QED) is 0.704. The molecule has 1 heterocycles. The standard InChI is InChI=1S/C9H10N4/c10-4-6-5-12-9(11)3-8(6)13-7-1-2-7/h3,5,7H,1-2H2,(H3,11,12,13). The molecule has 0 spiro atoms. The van der Waals surface area contributed by atoms with Gasteiger partial charge in [-0.05, 0) is 12.8 Å². The van der Waals surface area contributed by atoms with E-state index < -0.39 is 0 Å². The summed E-state index contributed by atoms with van der Waals surface area (Å²) in [6.07, 6.45) is 3.85. The van der Waals surface area contributed by atoms with E-state index in [1.165, 1.54) is 19.0 Å². The van der Waals surface area contributed by atoms with Crippen LogP contribution in [0.3, 0.4) is 0 Å². The largest absolute Gasteiger partial charge is 0.384 e. The molecule has 1 aromatic heterocycles. The second kappa shape index (κ2) is 2.94. The van der Waals surface area contributed by atoms with Crippen LogP contribution in [0.5, 0.6) is 0 Å². The van der Waals surface area contributed by atoms with Gasteiger partial charge >= 0.3 is 0 Å². The highest BCUT2D eigenvalue weighted by Gasteiger charge is 2.21. The number of pyridine rings is 1. The summed E-state index contributed by atoms with van der Waals surface area (Å²) in [5.41, 5.74) is 6.88. The van der Waals surface area contributed by atoms with Crippen molar-refractivity contribution in [2.24, 2.45) is 0 Å². The molecule has 3 N–H and O–H groups in total. The van der Waals surface area contributed by atoms with Crippen molar-refractivity contribution in [3.63, 3.8) is 0 Å². The first-order valence-electron chi connectivity index (χ1n) is 4.22. The average Bonchev–Trinajstić information content (AvgIpc) is 2.89. The molecule has 1 aliphatic rings. The van der Waals surface area contributed by atoms with Crippen LogP contribution in [0, 0.1) is 11.3 Å². The highest BCUT2D eigenvalue weighted by molar-refractivity contribution is 5.61. The molecule has 4 nitrogen and oxygen atoms in total. The number of nitrogen functional groups attached to an aromatic ring is 1. The maximum atomic E-state index is 8.77. The van der Waals surface area contributed by atoms with Gasteiger partial charge in [0.25, 0.3) is 0 Å². The van der Waals surface area contributed by atoms with Crippen LogP contribution in [0.25, 0.3) is 0 Å². The van der Waals surface area contributed by atoms with E-state index in [1.807, 2.05) is 0 Å². The summed E-state index contributed by atoms with van der Waals surface area (Å²) < 4.78 is 0. The number of nitriles is 1. The number of rotatable bonds is 2. The molecular formula is C9H10N4. The number of aromatic nitrogens is 1. The molecule has 1 saturated carbocycles. The highest BCUT2D eigenvalue weighted by atomic mass is 15.0. The lowest BCUT2D eigenvalue weighted by atomic mass is 10.2. The lowest BCUT2D eigenvalue weighted by Crippen LogP contribution is -2.04. The molecule has 0 atom stereocenters. The highest BCUT2D eigenvalue weighted by Crippen LogP contribution is 2.26. The van der Waals surface area contributed by atoms with E-state index in [1.54, 1.807) is 6.07 Å². The summed E-state index contributed by atoms with van der Waals surface area (Å²) in [4.78, 5) is 3.85. The molecule has 2 rings (SSSR count). The third-order valence-corrected chi connectivity index (χ3v) is 1.98. The maximum Gasteiger partial charge on any atom is 0.125 e. The molecule has 0 aliphatic heterocycles. The van der Waals surface area contributed by atoms with Crippen LogP contribution >= 0.6 is 0 Å². The predicted molar refractivity (Wildman–Crippen MR) is 50.0 cm³/mol. The van der Waals surface area contributed by atoms with Gasteiger partial charge in [0.1, 0.15) is 11.9 Å². The van der Waals surface area contributed by atoms with Crippen molar-refractivity contribution in [2.75, 3.05) is 11.1 Å². The molecule has 1 aliphatic carbocycles. The number of nitrogens with zero attached hydrogens (tertiary/aromatic N) is 2. The molecule has 4 heteroatoms. The Morgan fingerprint density at radius 2 is 2.38 bits per heavy atom. The molecule has 66 valence electrons. The fraction of sp³-hybridized carbons (Fsp3) is 0.333. The van der Waals surface area contributed by atoms with Gasteiger partial charge in [-0.25, -0.2) is 4.98 Å². The molecule has 1 fully saturated rings. The van der Waals surface area contributed by atoms with Crippen LogP contribution in [0.2, 0.25) is 0 Å². The lowest BCUT2D eigenvalue weighted by molar-refractivity contribution is 1.14. The summed E-state index contributed by atoms with van der Waals surface area (Å²) >= 11 is 0. The van der Waals surface area contributed by atoms with Gasteiger partial charge in [-0.15, -0.1) is 0 Å². The number of nitrogens with two attached hydrogens (primary N) is 1. The first-order chi connectivity index (χ1) is 6.29. The summed E-state index contributed by atoms with van der Waals surface area (Å²) in [5.74, 6) is 0.446. The van der Waals surface area contributed by atoms with Crippen molar-refractivity contribution in [3.8, 4) is 6.07 Å². The summed E-state index contributed by atoms with van der Waals surface area (Å²) in [6.45, 7) is 0. The summed E-state index contributed by atoms with van der Waals surface area (Å²) in [5, 5.41) is 12.0. The Morgan fingerprint density at radius 3 is 3.00 bits per heavy atom. The fourth-order valence-electron chi connectivity index (χ4n) is 1.13. The van der Waals surface area contributed by atoms with E-state index in [0.29, 0.717) is 17.4 Å². The van der Waals surface area contributed by atoms with E-state index in [0.717, 1.165) is 5.69 Å². The minimum atomic E-state index is 0.446. The van der Waals surface area contributed by atoms with Gasteiger partial charge in [0.2, 0.25) is 0 Å². The number of hydrogen-bond donors (Lipinski definition) is 2. The zero-order valence-corrected chi connectivity index (χ0v) is 7.12. The number of nitrogens with one attached hydrogen (secondary N) is 1. The van der Waals surface area contributed by atoms with Crippen molar-refractivity contribution in [3.05, 3.63) is 17.8 Å². The molecule has 0 saturated heterocycles. The maximum absolute atomic E-state index is 8.77. The Balaban J connectivity index is 2.29. The molecule has 0 unspecified atom stereocenters. The van der Waals surface area contributed by atoms with Crippen molar-refractivity contribution < 1.29 is 0 Å². The van der Waals surface area contributed by atoms with E-state index in [4.69, 9.17) is 11.0 Å². The van der Waals surface area contributed by atoms with E-state index in [9.17, 15) is 0 Å². The zero-order valence-electron chi connectivity index (χ0n) is 7.12. The van der Waals surface area contributed by atoms with Gasteiger partial charge in [-0.3, -0.25) is 0 Å². The zero-order chi connectivity index (χ0) is 9.26. The van der Waals surface area contributed by atoms with Gasteiger partial charge in [0, 0.05) is 18.3 Å². The molecule has 13 heavy (non-hydrogen) atoms. The summed E-state index contributed by atoms with van der Waals surface area (Å²) in [6, 6.07) is 4.30. The Kier molecular flexibility index (Phi) is 1.78. The topological polar surface area (TPSA) is 74.7 Å². The van der Waals surface area contributed by atoms with Crippen molar-refractivity contribution in [2.45, 2.75) is 18.9 Å². The van der Waals surface area contributed by atoms with Crippen molar-refractivity contribution in [1.29, 1.82) is 5.26 Å². The summed E-state index contributed by atoms with van der Waals surface area (Å²) in [7, 11) is 0. The van der Waals surface area contributed by atoms with Gasteiger partial charge < -0.3 is 11.1 Å². The van der Waals surface area contributed by atoms with Crippen LogP contribution < -0.4 is 11.1 Å². The molecule has 0 amide bonds. The minimum absolute atomic E-state index is 0.446. The normalized spacial score (nSPS) is 15.0. The Labute approximate surface area is 76.4 Å². The van der Waals surface area contributed by atoms with Crippen LogP contribution in [-0.2, 0) is 0 Å². The van der Waals surface area contributed by atoms with Gasteiger partial charge in [-0.2, -0.15) is 5.26 Å². The van der Waals surface area contributed by atoms with Gasteiger partial charge in [0.15, 0.2) is 0 Å². The van der Waals surface area contributed by atoms with Crippen LogP contribution in [0.1, 0.15) is 18.4 Å². The van der Waals surface area contributed by atoms with Crippen LogP contribution in [0.15, 0.2) is 12.3 Å². The molecule has 0 aromatic carbocycles.